The Hall–Kier alpha value is -1.61. The van der Waals surface area contributed by atoms with E-state index in [-0.39, 0.29) is 18.1 Å². The molecule has 0 radical (unpaired) electrons. The van der Waals surface area contributed by atoms with E-state index in [1.165, 1.54) is 11.1 Å². The lowest BCUT2D eigenvalue weighted by Crippen LogP contribution is -2.33. The smallest absolute Gasteiger partial charge is 0.0954 e. The summed E-state index contributed by atoms with van der Waals surface area (Å²) in [7, 11) is 0. The molecule has 3 rings (SSSR count). The van der Waals surface area contributed by atoms with Gasteiger partial charge in [-0.1, -0.05) is 38.1 Å². The number of hydrogen-bond donors (Lipinski definition) is 1. The highest BCUT2D eigenvalue weighted by Gasteiger charge is 2.37. The number of imidazole rings is 1. The molecular formula is C16H20N2O. The molecule has 0 saturated heterocycles. The molecule has 1 aliphatic carbocycles. The molecule has 0 amide bonds. The van der Waals surface area contributed by atoms with Gasteiger partial charge in [0.25, 0.3) is 0 Å². The number of fused-ring (bicyclic) bond motifs is 1. The van der Waals surface area contributed by atoms with E-state index >= 15 is 0 Å². The number of hydrogen-bond acceptors (Lipinski definition) is 2. The summed E-state index contributed by atoms with van der Waals surface area (Å²) in [6.45, 7) is 4.64. The Morgan fingerprint density at radius 2 is 2.16 bits per heavy atom. The first kappa shape index (κ1) is 12.4. The monoisotopic (exact) mass is 256 g/mol. The van der Waals surface area contributed by atoms with Crippen LogP contribution < -0.4 is 0 Å². The van der Waals surface area contributed by atoms with Crippen LogP contribution in [0.4, 0.5) is 0 Å². The summed E-state index contributed by atoms with van der Waals surface area (Å²) in [5, 5.41) is 9.50. The Morgan fingerprint density at radius 1 is 1.37 bits per heavy atom. The van der Waals surface area contributed by atoms with Crippen molar-refractivity contribution in [2.24, 2.45) is 5.41 Å². The van der Waals surface area contributed by atoms with Crippen molar-refractivity contribution >= 4 is 0 Å². The fourth-order valence-corrected chi connectivity index (χ4v) is 3.26. The first-order chi connectivity index (χ1) is 9.13. The van der Waals surface area contributed by atoms with Gasteiger partial charge in [-0.15, -0.1) is 0 Å². The molecule has 0 bridgehead atoms. The maximum absolute atomic E-state index is 9.50. The average molecular weight is 256 g/mol. The molecule has 1 atom stereocenters. The molecular weight excluding hydrogens is 236 g/mol. The van der Waals surface area contributed by atoms with Crippen LogP contribution in [0.5, 0.6) is 0 Å². The van der Waals surface area contributed by atoms with Crippen LogP contribution in [0.15, 0.2) is 36.8 Å². The highest BCUT2D eigenvalue weighted by atomic mass is 16.3. The minimum Gasteiger partial charge on any atom is -0.390 e. The average Bonchev–Trinajstić information content (AvgIpc) is 2.85. The van der Waals surface area contributed by atoms with Crippen molar-refractivity contribution < 1.29 is 5.11 Å². The van der Waals surface area contributed by atoms with Gasteiger partial charge in [0.05, 0.1) is 30.9 Å². The van der Waals surface area contributed by atoms with Gasteiger partial charge < -0.3 is 9.67 Å². The number of aliphatic hydroxyl groups excluding tert-OH is 1. The fourth-order valence-electron chi connectivity index (χ4n) is 3.26. The van der Waals surface area contributed by atoms with Crippen molar-refractivity contribution in [2.45, 2.75) is 39.3 Å². The predicted octanol–water partition coefficient (Wildman–Crippen LogP) is 2.94. The van der Waals surface area contributed by atoms with Crippen molar-refractivity contribution in [3.8, 4) is 0 Å². The first-order valence-electron chi connectivity index (χ1n) is 6.83. The highest BCUT2D eigenvalue weighted by molar-refractivity contribution is 5.35. The van der Waals surface area contributed by atoms with E-state index in [1.807, 2.05) is 6.33 Å². The summed E-state index contributed by atoms with van der Waals surface area (Å²) >= 11 is 0. The minimum absolute atomic E-state index is 0.0365. The Bertz CT molecular complexity index is 586. The lowest BCUT2D eigenvalue weighted by Gasteiger charge is -2.41. The Balaban J connectivity index is 2.17. The van der Waals surface area contributed by atoms with Crippen molar-refractivity contribution in [1.82, 2.24) is 9.55 Å². The van der Waals surface area contributed by atoms with E-state index in [0.717, 1.165) is 18.5 Å². The second kappa shape index (κ2) is 4.49. The summed E-state index contributed by atoms with van der Waals surface area (Å²) < 4.78 is 2.14. The molecule has 1 N–H and O–H groups in total. The number of benzene rings is 1. The molecule has 2 aromatic rings. The second-order valence-corrected chi connectivity index (χ2v) is 6.04. The van der Waals surface area contributed by atoms with E-state index in [2.05, 4.69) is 47.7 Å². The van der Waals surface area contributed by atoms with Gasteiger partial charge in [0.15, 0.2) is 0 Å². The number of aromatic nitrogens is 2. The molecule has 100 valence electrons. The van der Waals surface area contributed by atoms with Crippen LogP contribution in [0.25, 0.3) is 0 Å². The van der Waals surface area contributed by atoms with Crippen LogP contribution in [0.3, 0.4) is 0 Å². The molecule has 3 nitrogen and oxygen atoms in total. The van der Waals surface area contributed by atoms with Crippen LogP contribution in [-0.2, 0) is 13.0 Å². The zero-order valence-corrected chi connectivity index (χ0v) is 11.5. The molecule has 0 fully saturated rings. The maximum Gasteiger partial charge on any atom is 0.0954 e. The van der Waals surface area contributed by atoms with Gasteiger partial charge in [-0.2, -0.15) is 0 Å². The van der Waals surface area contributed by atoms with Crippen LogP contribution >= 0.6 is 0 Å². The molecule has 0 spiro atoms. The van der Waals surface area contributed by atoms with E-state index < -0.39 is 0 Å². The lowest BCUT2D eigenvalue weighted by atomic mass is 9.70. The minimum atomic E-state index is 0.0365. The molecule has 1 unspecified atom stereocenters. The summed E-state index contributed by atoms with van der Waals surface area (Å²) in [5.41, 5.74) is 3.84. The van der Waals surface area contributed by atoms with E-state index in [1.54, 1.807) is 6.20 Å². The van der Waals surface area contributed by atoms with Gasteiger partial charge in [-0.3, -0.25) is 0 Å². The summed E-state index contributed by atoms with van der Waals surface area (Å²) in [6.07, 6.45) is 5.88. The summed E-state index contributed by atoms with van der Waals surface area (Å²) in [4.78, 5) is 4.21. The Labute approximate surface area is 113 Å². The Morgan fingerprint density at radius 3 is 2.95 bits per heavy atom. The van der Waals surface area contributed by atoms with Crippen LogP contribution in [0.1, 0.15) is 43.1 Å². The van der Waals surface area contributed by atoms with Gasteiger partial charge in [0.2, 0.25) is 0 Å². The van der Waals surface area contributed by atoms with Crippen LogP contribution in [0.2, 0.25) is 0 Å². The normalized spacial score (nSPS) is 21.1. The third kappa shape index (κ3) is 1.98. The van der Waals surface area contributed by atoms with Crippen molar-refractivity contribution in [3.05, 3.63) is 53.6 Å². The van der Waals surface area contributed by atoms with Gasteiger partial charge in [0.1, 0.15) is 0 Å². The standard InChI is InChI=1S/C16H20N2O/c1-16(2)8-7-12-5-3-4-6-14(12)15(16)18-11-17-9-13(18)10-19/h3-6,9,11,15,19H,7-8,10H2,1-2H3. The van der Waals surface area contributed by atoms with Crippen molar-refractivity contribution in [2.75, 3.05) is 0 Å². The highest BCUT2D eigenvalue weighted by Crippen LogP contribution is 2.46. The predicted molar refractivity (Wildman–Crippen MR) is 74.8 cm³/mol. The third-order valence-electron chi connectivity index (χ3n) is 4.32. The first-order valence-corrected chi connectivity index (χ1v) is 6.83. The molecule has 0 aliphatic heterocycles. The molecule has 19 heavy (non-hydrogen) atoms. The number of nitrogens with zero attached hydrogens (tertiary/aromatic N) is 2. The molecule has 1 heterocycles. The fraction of sp³-hybridized carbons (Fsp3) is 0.438. The Kier molecular flexibility index (Phi) is 2.94. The second-order valence-electron chi connectivity index (χ2n) is 6.04. The van der Waals surface area contributed by atoms with Gasteiger partial charge >= 0.3 is 0 Å². The molecule has 0 saturated carbocycles. The number of aryl methyl sites for hydroxylation is 1. The van der Waals surface area contributed by atoms with Crippen molar-refractivity contribution in [3.63, 3.8) is 0 Å². The zero-order chi connectivity index (χ0) is 13.5. The maximum atomic E-state index is 9.50. The topological polar surface area (TPSA) is 38.0 Å². The molecule has 1 aromatic heterocycles. The number of rotatable bonds is 2. The van der Waals surface area contributed by atoms with Gasteiger partial charge in [0, 0.05) is 0 Å². The van der Waals surface area contributed by atoms with Crippen LogP contribution in [0, 0.1) is 5.41 Å². The largest absolute Gasteiger partial charge is 0.390 e. The van der Waals surface area contributed by atoms with E-state index in [0.29, 0.717) is 0 Å². The summed E-state index contributed by atoms with van der Waals surface area (Å²) in [6, 6.07) is 8.88. The molecule has 3 heteroatoms. The van der Waals surface area contributed by atoms with Gasteiger partial charge in [-0.05, 0) is 29.4 Å². The third-order valence-corrected chi connectivity index (χ3v) is 4.32. The molecule has 1 aromatic carbocycles. The van der Waals surface area contributed by atoms with Crippen LogP contribution in [-0.4, -0.2) is 14.7 Å². The lowest BCUT2D eigenvalue weighted by molar-refractivity contribution is 0.200. The molecule has 1 aliphatic rings. The van der Waals surface area contributed by atoms with Crippen molar-refractivity contribution in [1.29, 1.82) is 0 Å². The summed E-state index contributed by atoms with van der Waals surface area (Å²) in [5.74, 6) is 0. The zero-order valence-electron chi connectivity index (χ0n) is 11.5. The van der Waals surface area contributed by atoms with E-state index in [9.17, 15) is 5.11 Å². The quantitative estimate of drug-likeness (QED) is 0.897. The van der Waals surface area contributed by atoms with E-state index in [4.69, 9.17) is 0 Å². The van der Waals surface area contributed by atoms with Gasteiger partial charge in [-0.25, -0.2) is 4.98 Å². The SMILES string of the molecule is CC1(C)CCc2ccccc2C1n1cncc1CO. The number of aliphatic hydroxyl groups is 1.